The molecule has 2 aromatic heterocycles. The van der Waals surface area contributed by atoms with Crippen LogP contribution < -0.4 is 4.72 Å². The molecule has 0 atom stereocenters. The minimum atomic E-state index is -3.67. The molecule has 0 aliphatic heterocycles. The first-order valence-corrected chi connectivity index (χ1v) is 7.25. The summed E-state index contributed by atoms with van der Waals surface area (Å²) in [6.45, 7) is 3.62. The molecule has 0 saturated heterocycles. The van der Waals surface area contributed by atoms with Crippen molar-refractivity contribution in [3.63, 3.8) is 0 Å². The predicted octanol–water partition coefficient (Wildman–Crippen LogP) is 1.09. The van der Waals surface area contributed by atoms with Gasteiger partial charge in [0.25, 0.3) is 10.0 Å². The van der Waals surface area contributed by atoms with E-state index in [1.165, 1.54) is 24.7 Å². The highest BCUT2D eigenvalue weighted by Gasteiger charge is 2.19. The van der Waals surface area contributed by atoms with Gasteiger partial charge in [0, 0.05) is 24.1 Å². The molecule has 0 bridgehead atoms. The molecule has 2 aromatic rings. The molecule has 104 valence electrons. The quantitative estimate of drug-likeness (QED) is 0.765. The molecular weight excluding hydrogens is 268 g/mol. The number of rotatable bonds is 5. The number of aromatic nitrogens is 3. The van der Waals surface area contributed by atoms with Crippen LogP contribution in [-0.4, -0.2) is 28.3 Å². The molecule has 0 spiro atoms. The van der Waals surface area contributed by atoms with Crippen LogP contribution in [0.5, 0.6) is 0 Å². The van der Waals surface area contributed by atoms with Crippen LogP contribution >= 0.6 is 0 Å². The number of H-pyrrole nitrogens is 1. The molecule has 0 saturated carbocycles. The molecule has 3 N–H and O–H groups in total. The van der Waals surface area contributed by atoms with Crippen LogP contribution in [0, 0.1) is 0 Å². The average molecular weight is 284 g/mol. The Hall–Kier alpha value is -1.80. The molecule has 0 radical (unpaired) electrons. The second-order valence-electron chi connectivity index (χ2n) is 4.42. The summed E-state index contributed by atoms with van der Waals surface area (Å²) in [6.07, 6.45) is 4.34. The largest absolute Gasteiger partial charge is 0.390 e. The standard InChI is InChI=1S/C11H16N4O3S/c1-8(2)15-6-11(3-10(15)7-16)19(17,18)14-9-4-12-13-5-9/h3-6,8,14,16H,7H2,1-2H3,(H,12,13). The Bertz CT molecular complexity index is 644. The lowest BCUT2D eigenvalue weighted by molar-refractivity contribution is 0.268. The Morgan fingerprint density at radius 3 is 2.74 bits per heavy atom. The maximum absolute atomic E-state index is 12.2. The molecule has 0 aromatic carbocycles. The van der Waals surface area contributed by atoms with Gasteiger partial charge in [0.05, 0.1) is 18.5 Å². The van der Waals surface area contributed by atoms with Crippen molar-refractivity contribution in [2.75, 3.05) is 4.72 Å². The lowest BCUT2D eigenvalue weighted by Gasteiger charge is -2.10. The van der Waals surface area contributed by atoms with Crippen molar-refractivity contribution >= 4 is 15.7 Å². The second-order valence-corrected chi connectivity index (χ2v) is 6.10. The number of anilines is 1. The van der Waals surface area contributed by atoms with Gasteiger partial charge in [-0.15, -0.1) is 0 Å². The van der Waals surface area contributed by atoms with E-state index in [9.17, 15) is 13.5 Å². The predicted molar refractivity (Wildman–Crippen MR) is 70.1 cm³/mol. The van der Waals surface area contributed by atoms with Crippen LogP contribution in [-0.2, 0) is 16.6 Å². The van der Waals surface area contributed by atoms with E-state index < -0.39 is 10.0 Å². The Labute approximate surface area is 111 Å². The van der Waals surface area contributed by atoms with Crippen LogP contribution in [0.15, 0.2) is 29.6 Å². The second kappa shape index (κ2) is 5.06. The molecular formula is C11H16N4O3S. The summed E-state index contributed by atoms with van der Waals surface area (Å²) >= 11 is 0. The molecule has 2 rings (SSSR count). The van der Waals surface area contributed by atoms with Gasteiger partial charge in [0.2, 0.25) is 0 Å². The Balaban J connectivity index is 2.35. The van der Waals surface area contributed by atoms with Crippen molar-refractivity contribution in [2.24, 2.45) is 0 Å². The number of aromatic amines is 1. The molecule has 0 fully saturated rings. The van der Waals surface area contributed by atoms with E-state index in [4.69, 9.17) is 0 Å². The number of hydrogen-bond donors (Lipinski definition) is 3. The van der Waals surface area contributed by atoms with Gasteiger partial charge in [-0.1, -0.05) is 0 Å². The summed E-state index contributed by atoms with van der Waals surface area (Å²) in [5.41, 5.74) is 0.922. The number of hydrogen-bond acceptors (Lipinski definition) is 4. The monoisotopic (exact) mass is 284 g/mol. The summed E-state index contributed by atoms with van der Waals surface area (Å²) in [6, 6.07) is 1.53. The third-order valence-electron chi connectivity index (χ3n) is 2.69. The molecule has 7 nitrogen and oxygen atoms in total. The third kappa shape index (κ3) is 2.79. The van der Waals surface area contributed by atoms with Gasteiger partial charge in [-0.05, 0) is 19.9 Å². The van der Waals surface area contributed by atoms with E-state index in [-0.39, 0.29) is 17.5 Å². The first-order valence-electron chi connectivity index (χ1n) is 5.77. The molecule has 19 heavy (non-hydrogen) atoms. The van der Waals surface area contributed by atoms with Gasteiger partial charge in [-0.3, -0.25) is 9.82 Å². The van der Waals surface area contributed by atoms with Crippen molar-refractivity contribution in [2.45, 2.75) is 31.4 Å². The summed E-state index contributed by atoms with van der Waals surface area (Å²) < 4.78 is 28.4. The number of aliphatic hydroxyl groups is 1. The van der Waals surface area contributed by atoms with Gasteiger partial charge in [0.15, 0.2) is 0 Å². The topological polar surface area (TPSA) is 100 Å². The summed E-state index contributed by atoms with van der Waals surface area (Å²) in [5.74, 6) is 0. The first kappa shape index (κ1) is 13.6. The fraction of sp³-hybridized carbons (Fsp3) is 0.364. The maximum atomic E-state index is 12.2. The summed E-state index contributed by atoms with van der Waals surface area (Å²) in [5, 5.41) is 15.4. The number of aliphatic hydroxyl groups excluding tert-OH is 1. The molecule has 2 heterocycles. The van der Waals surface area contributed by atoms with E-state index in [1.807, 2.05) is 13.8 Å². The number of nitrogens with zero attached hydrogens (tertiary/aromatic N) is 2. The molecule has 8 heteroatoms. The Morgan fingerprint density at radius 2 is 2.26 bits per heavy atom. The normalized spacial score (nSPS) is 12.0. The van der Waals surface area contributed by atoms with Crippen molar-refractivity contribution in [1.29, 1.82) is 0 Å². The lowest BCUT2D eigenvalue weighted by Crippen LogP contribution is -2.11. The molecule has 0 amide bonds. The van der Waals surface area contributed by atoms with E-state index in [2.05, 4.69) is 14.9 Å². The van der Waals surface area contributed by atoms with Crippen LogP contribution in [0.25, 0.3) is 0 Å². The minimum Gasteiger partial charge on any atom is -0.390 e. The van der Waals surface area contributed by atoms with Gasteiger partial charge < -0.3 is 9.67 Å². The smallest absolute Gasteiger partial charge is 0.263 e. The highest BCUT2D eigenvalue weighted by Crippen LogP contribution is 2.21. The van der Waals surface area contributed by atoms with E-state index in [0.717, 1.165) is 0 Å². The van der Waals surface area contributed by atoms with E-state index in [1.54, 1.807) is 4.57 Å². The molecule has 0 aliphatic rings. The maximum Gasteiger partial charge on any atom is 0.263 e. The SMILES string of the molecule is CC(C)n1cc(S(=O)(=O)Nc2cn[nH]c2)cc1CO. The van der Waals surface area contributed by atoms with Crippen LogP contribution in [0.3, 0.4) is 0 Å². The first-order chi connectivity index (χ1) is 8.94. The molecule has 0 unspecified atom stereocenters. The lowest BCUT2D eigenvalue weighted by atomic mass is 10.3. The Kier molecular flexibility index (Phi) is 3.63. The van der Waals surface area contributed by atoms with E-state index in [0.29, 0.717) is 11.4 Å². The Morgan fingerprint density at radius 1 is 1.53 bits per heavy atom. The average Bonchev–Trinajstić information content (AvgIpc) is 2.95. The van der Waals surface area contributed by atoms with Crippen LogP contribution in [0.4, 0.5) is 5.69 Å². The summed E-state index contributed by atoms with van der Waals surface area (Å²) in [7, 11) is -3.67. The minimum absolute atomic E-state index is 0.0695. The third-order valence-corrected chi connectivity index (χ3v) is 4.03. The fourth-order valence-electron chi connectivity index (χ4n) is 1.77. The number of sulfonamides is 1. The van der Waals surface area contributed by atoms with Gasteiger partial charge >= 0.3 is 0 Å². The number of nitrogens with one attached hydrogen (secondary N) is 2. The van der Waals surface area contributed by atoms with Gasteiger partial charge in [0.1, 0.15) is 4.90 Å². The fourth-order valence-corrected chi connectivity index (χ4v) is 2.86. The zero-order chi connectivity index (χ0) is 14.0. The molecule has 0 aliphatic carbocycles. The van der Waals surface area contributed by atoms with Crippen LogP contribution in [0.2, 0.25) is 0 Å². The van der Waals surface area contributed by atoms with Crippen molar-refractivity contribution < 1.29 is 13.5 Å². The summed E-state index contributed by atoms with van der Waals surface area (Å²) in [4.78, 5) is 0.117. The van der Waals surface area contributed by atoms with Gasteiger partial charge in [-0.25, -0.2) is 8.42 Å². The van der Waals surface area contributed by atoms with Crippen LogP contribution in [0.1, 0.15) is 25.6 Å². The van der Waals surface area contributed by atoms with Crippen molar-refractivity contribution in [3.05, 3.63) is 30.4 Å². The highest BCUT2D eigenvalue weighted by molar-refractivity contribution is 7.92. The van der Waals surface area contributed by atoms with Gasteiger partial charge in [-0.2, -0.15) is 5.10 Å². The zero-order valence-corrected chi connectivity index (χ0v) is 11.5. The van der Waals surface area contributed by atoms with Crippen molar-refractivity contribution in [1.82, 2.24) is 14.8 Å². The van der Waals surface area contributed by atoms with E-state index >= 15 is 0 Å². The van der Waals surface area contributed by atoms with Crippen molar-refractivity contribution in [3.8, 4) is 0 Å². The highest BCUT2D eigenvalue weighted by atomic mass is 32.2. The zero-order valence-electron chi connectivity index (χ0n) is 10.7.